The smallest absolute Gasteiger partial charge is 0.133 e. The first kappa shape index (κ1) is 15.9. The summed E-state index contributed by atoms with van der Waals surface area (Å²) in [5.41, 5.74) is 0. The van der Waals surface area contributed by atoms with E-state index in [4.69, 9.17) is 10.6 Å². The van der Waals surface area contributed by atoms with Gasteiger partial charge in [0.25, 0.3) is 0 Å². The Bertz CT molecular complexity index is 305. The van der Waals surface area contributed by atoms with Gasteiger partial charge in [-0.1, -0.05) is 12.8 Å². The van der Waals surface area contributed by atoms with E-state index in [1.54, 1.807) is 6.92 Å². The van der Waals surface area contributed by atoms with Crippen LogP contribution >= 0.6 is 0 Å². The molecule has 5 heteroatoms. The minimum absolute atomic E-state index is 0.234. The zero-order valence-electron chi connectivity index (χ0n) is 12.7. The molecule has 0 bridgehead atoms. The Labute approximate surface area is 122 Å². The second kappa shape index (κ2) is 8.08. The van der Waals surface area contributed by atoms with Crippen LogP contribution in [0, 0.1) is 11.8 Å². The lowest BCUT2D eigenvalue weighted by molar-refractivity contribution is -0.123. The molecule has 0 aromatic heterocycles. The maximum Gasteiger partial charge on any atom is 0.133 e. The van der Waals surface area contributed by atoms with E-state index < -0.39 is 0 Å². The number of nitrogens with two attached hydrogens (primary N) is 1. The normalized spacial score (nSPS) is 28.8. The fourth-order valence-corrected chi connectivity index (χ4v) is 3.45. The zero-order chi connectivity index (χ0) is 14.4. The third kappa shape index (κ3) is 4.81. The molecule has 2 fully saturated rings. The van der Waals surface area contributed by atoms with E-state index in [1.165, 1.54) is 12.8 Å². The molecule has 2 rings (SSSR count). The number of carbonyl (C=O) groups excluding carboxylic acids is 1. The first-order valence-corrected chi connectivity index (χ1v) is 7.97. The maximum atomic E-state index is 11.7. The van der Waals surface area contributed by atoms with Crippen molar-refractivity contribution in [3.05, 3.63) is 0 Å². The Morgan fingerprint density at radius 1 is 1.30 bits per heavy atom. The molecule has 0 radical (unpaired) electrons. The Balaban J connectivity index is 1.71. The first-order chi connectivity index (χ1) is 9.66. The summed E-state index contributed by atoms with van der Waals surface area (Å²) in [7, 11) is 0. The molecule has 2 N–H and O–H groups in total. The third-order valence-corrected chi connectivity index (χ3v) is 4.71. The van der Waals surface area contributed by atoms with Crippen LogP contribution in [-0.2, 0) is 9.53 Å². The highest BCUT2D eigenvalue weighted by molar-refractivity contribution is 5.78. The molecule has 0 amide bonds. The van der Waals surface area contributed by atoms with Gasteiger partial charge >= 0.3 is 0 Å². The van der Waals surface area contributed by atoms with Gasteiger partial charge in [-0.3, -0.25) is 15.5 Å². The average molecular weight is 283 g/mol. The summed E-state index contributed by atoms with van der Waals surface area (Å²) in [4.78, 5) is 14.1. The molecule has 0 spiro atoms. The van der Waals surface area contributed by atoms with Crippen LogP contribution in [0.1, 0.15) is 32.6 Å². The van der Waals surface area contributed by atoms with E-state index in [1.807, 2.05) is 5.01 Å². The summed E-state index contributed by atoms with van der Waals surface area (Å²) in [6.07, 6.45) is 4.64. The van der Waals surface area contributed by atoms with E-state index in [0.717, 1.165) is 58.8 Å². The predicted molar refractivity (Wildman–Crippen MR) is 79.1 cm³/mol. The molecule has 20 heavy (non-hydrogen) atoms. The monoisotopic (exact) mass is 283 g/mol. The highest BCUT2D eigenvalue weighted by Crippen LogP contribution is 2.30. The fraction of sp³-hybridized carbons (Fsp3) is 0.933. The average Bonchev–Trinajstić information content (AvgIpc) is 2.46. The van der Waals surface area contributed by atoms with Gasteiger partial charge in [0, 0.05) is 38.6 Å². The van der Waals surface area contributed by atoms with Crippen molar-refractivity contribution in [3.8, 4) is 0 Å². The van der Waals surface area contributed by atoms with Gasteiger partial charge in [-0.25, -0.2) is 5.01 Å². The summed E-state index contributed by atoms with van der Waals surface area (Å²) in [6, 6.07) is 0. The molecule has 0 aromatic rings. The second-order valence-corrected chi connectivity index (χ2v) is 6.21. The van der Waals surface area contributed by atoms with Gasteiger partial charge in [0.05, 0.1) is 13.2 Å². The summed E-state index contributed by atoms with van der Waals surface area (Å²) >= 11 is 0. The van der Waals surface area contributed by atoms with Gasteiger partial charge in [-0.2, -0.15) is 0 Å². The van der Waals surface area contributed by atoms with Crippen molar-refractivity contribution < 1.29 is 9.53 Å². The van der Waals surface area contributed by atoms with Crippen LogP contribution < -0.4 is 5.84 Å². The molecule has 0 aromatic carbocycles. The Kier molecular flexibility index (Phi) is 6.42. The van der Waals surface area contributed by atoms with Crippen molar-refractivity contribution in [2.45, 2.75) is 32.6 Å². The zero-order valence-corrected chi connectivity index (χ0v) is 12.7. The van der Waals surface area contributed by atoms with Crippen LogP contribution in [0.5, 0.6) is 0 Å². The van der Waals surface area contributed by atoms with E-state index in [9.17, 15) is 4.79 Å². The molecule has 0 unspecified atom stereocenters. The fourth-order valence-electron chi connectivity index (χ4n) is 3.45. The van der Waals surface area contributed by atoms with Gasteiger partial charge in [0.15, 0.2) is 0 Å². The molecular weight excluding hydrogens is 254 g/mol. The van der Waals surface area contributed by atoms with Crippen molar-refractivity contribution >= 4 is 5.78 Å². The lowest BCUT2D eigenvalue weighted by atomic mass is 9.77. The third-order valence-electron chi connectivity index (χ3n) is 4.71. The van der Waals surface area contributed by atoms with Crippen LogP contribution in [0.25, 0.3) is 0 Å². The van der Waals surface area contributed by atoms with E-state index >= 15 is 0 Å². The van der Waals surface area contributed by atoms with Crippen molar-refractivity contribution in [2.75, 3.05) is 45.9 Å². The van der Waals surface area contributed by atoms with Gasteiger partial charge < -0.3 is 4.74 Å². The minimum atomic E-state index is 0.234. The Hall–Kier alpha value is -0.490. The molecule has 2 atom stereocenters. The molecule has 1 saturated heterocycles. The predicted octanol–water partition coefficient (Wildman–Crippen LogP) is 0.890. The van der Waals surface area contributed by atoms with Crippen LogP contribution in [0.3, 0.4) is 0 Å². The lowest BCUT2D eigenvalue weighted by Crippen LogP contribution is -2.46. The van der Waals surface area contributed by atoms with Crippen molar-refractivity contribution in [1.29, 1.82) is 0 Å². The molecule has 1 heterocycles. The molecule has 1 saturated carbocycles. The number of rotatable bonds is 6. The Morgan fingerprint density at radius 2 is 2.00 bits per heavy atom. The van der Waals surface area contributed by atoms with Gasteiger partial charge in [-0.05, 0) is 25.7 Å². The van der Waals surface area contributed by atoms with Crippen molar-refractivity contribution in [1.82, 2.24) is 9.91 Å². The van der Waals surface area contributed by atoms with Crippen molar-refractivity contribution in [3.63, 3.8) is 0 Å². The Morgan fingerprint density at radius 3 is 2.70 bits per heavy atom. The molecular formula is C15H29N3O2. The number of hydrogen-bond donors (Lipinski definition) is 1. The van der Waals surface area contributed by atoms with E-state index in [-0.39, 0.29) is 5.92 Å². The van der Waals surface area contributed by atoms with Crippen LogP contribution in [0.15, 0.2) is 0 Å². The van der Waals surface area contributed by atoms with Gasteiger partial charge in [0.2, 0.25) is 0 Å². The topological polar surface area (TPSA) is 58.8 Å². The summed E-state index contributed by atoms with van der Waals surface area (Å²) in [5.74, 6) is 7.18. The van der Waals surface area contributed by atoms with Crippen molar-refractivity contribution in [2.24, 2.45) is 17.7 Å². The van der Waals surface area contributed by atoms with E-state index in [2.05, 4.69) is 4.90 Å². The van der Waals surface area contributed by atoms with Crippen LogP contribution in [0.2, 0.25) is 0 Å². The van der Waals surface area contributed by atoms with E-state index in [0.29, 0.717) is 11.7 Å². The number of morpholine rings is 1. The first-order valence-electron chi connectivity index (χ1n) is 7.97. The number of nitrogens with zero attached hydrogens (tertiary/aromatic N) is 2. The van der Waals surface area contributed by atoms with Crippen LogP contribution in [0.4, 0.5) is 0 Å². The number of hydrogen-bond acceptors (Lipinski definition) is 5. The van der Waals surface area contributed by atoms with Gasteiger partial charge in [-0.15, -0.1) is 0 Å². The summed E-state index contributed by atoms with van der Waals surface area (Å²) in [5, 5.41) is 1.92. The highest BCUT2D eigenvalue weighted by Gasteiger charge is 2.29. The molecule has 1 aliphatic carbocycles. The number of ketones is 1. The summed E-state index contributed by atoms with van der Waals surface area (Å²) < 4.78 is 5.34. The van der Waals surface area contributed by atoms with Gasteiger partial charge in [0.1, 0.15) is 5.78 Å². The quantitative estimate of drug-likeness (QED) is 0.579. The maximum absolute atomic E-state index is 11.7. The summed E-state index contributed by atoms with van der Waals surface area (Å²) in [6.45, 7) is 8.14. The molecule has 2 aliphatic rings. The number of ether oxygens (including phenoxy) is 1. The largest absolute Gasteiger partial charge is 0.379 e. The van der Waals surface area contributed by atoms with Crippen LogP contribution in [-0.4, -0.2) is 61.6 Å². The molecule has 1 aliphatic heterocycles. The SMILES string of the molecule is CC(=O)[C@@H]1CCCC[C@@H]1CN(N)CCN1CCOCC1. The number of carbonyl (C=O) groups is 1. The number of hydrazine groups is 1. The molecule has 116 valence electrons. The lowest BCUT2D eigenvalue weighted by Gasteiger charge is -2.34. The standard InChI is InChI=1S/C15H29N3O2/c1-13(19)15-5-3-2-4-14(15)12-18(16)7-6-17-8-10-20-11-9-17/h14-15H,2-12,16H2,1H3/t14-,15+/m1/s1. The molecule has 5 nitrogen and oxygen atoms in total. The second-order valence-electron chi connectivity index (χ2n) is 6.21. The highest BCUT2D eigenvalue weighted by atomic mass is 16.5. The minimum Gasteiger partial charge on any atom is -0.379 e. The number of Topliss-reactive ketones (excluding diaryl/α,β-unsaturated/α-hetero) is 1.